The summed E-state index contributed by atoms with van der Waals surface area (Å²) in [5.41, 5.74) is -1.91. The minimum absolute atomic E-state index is 0.0542. The van der Waals surface area contributed by atoms with Crippen LogP contribution in [0, 0.1) is 34.8 Å². The van der Waals surface area contributed by atoms with Crippen molar-refractivity contribution in [3.05, 3.63) is 34.9 Å². The van der Waals surface area contributed by atoms with E-state index < -0.39 is 102 Å². The molecule has 280 valence electrons. The van der Waals surface area contributed by atoms with E-state index in [1.807, 2.05) is 13.8 Å². The average molecular weight is 715 g/mol. The van der Waals surface area contributed by atoms with Gasteiger partial charge in [0.05, 0.1) is 12.2 Å². The van der Waals surface area contributed by atoms with E-state index in [1.165, 1.54) is 4.90 Å². The molecular formula is C35H50F4N4O7. The van der Waals surface area contributed by atoms with Gasteiger partial charge in [0.15, 0.2) is 0 Å². The van der Waals surface area contributed by atoms with E-state index in [2.05, 4.69) is 16.0 Å². The summed E-state index contributed by atoms with van der Waals surface area (Å²) in [6, 6.07) is -2.68. The third kappa shape index (κ3) is 11.3. The molecule has 4 amide bonds. The first-order valence-electron chi connectivity index (χ1n) is 17.2. The number of aromatic carboxylic acids is 1. The van der Waals surface area contributed by atoms with Crippen LogP contribution in [0.4, 0.5) is 22.4 Å². The monoisotopic (exact) mass is 714 g/mol. The molecule has 2 aliphatic rings. The number of ether oxygens (including phenoxy) is 1. The standard InChI is InChI=1S/C35H50F4N4O7/c1-19(2)18-50-34(49)42-29(35(3,4)5)32(46)43-17-22(20-9-7-6-8-10-20)15-27(43)31(45)41-26(16-28(38)39)30(44)40-12-11-23-24(36)13-21(33(47)48)14-25(23)37/h13-14,19-20,22,26-29H,6-12,15-18H2,1-5H3,(H,40,44)(H,41,45)(H,42,49)(H,47,48)/t22-,26+,27+,29-/m1/s1. The number of carbonyl (C=O) groups excluding carboxylic acids is 4. The van der Waals surface area contributed by atoms with Crippen molar-refractivity contribution >= 4 is 29.8 Å². The van der Waals surface area contributed by atoms with Crippen LogP contribution in [0.3, 0.4) is 0 Å². The topological polar surface area (TPSA) is 154 Å². The van der Waals surface area contributed by atoms with E-state index in [1.54, 1.807) is 20.8 Å². The van der Waals surface area contributed by atoms with Crippen LogP contribution < -0.4 is 16.0 Å². The largest absolute Gasteiger partial charge is 0.478 e. The molecule has 1 aromatic rings. The number of amides is 4. The van der Waals surface area contributed by atoms with Crippen LogP contribution in [0.2, 0.25) is 0 Å². The molecule has 0 unspecified atom stereocenters. The van der Waals surface area contributed by atoms with Crippen LogP contribution >= 0.6 is 0 Å². The Kier molecular flexibility index (Phi) is 14.5. The number of hydrogen-bond donors (Lipinski definition) is 4. The highest BCUT2D eigenvalue weighted by Gasteiger charge is 2.47. The Bertz CT molecular complexity index is 1360. The summed E-state index contributed by atoms with van der Waals surface area (Å²) in [5.74, 6) is -5.98. The third-order valence-corrected chi connectivity index (χ3v) is 9.27. The summed E-state index contributed by atoms with van der Waals surface area (Å²) < 4.78 is 61.3. The summed E-state index contributed by atoms with van der Waals surface area (Å²) >= 11 is 0. The molecule has 15 heteroatoms. The Morgan fingerprint density at radius 2 is 1.60 bits per heavy atom. The van der Waals surface area contributed by atoms with Crippen molar-refractivity contribution in [2.24, 2.45) is 23.2 Å². The van der Waals surface area contributed by atoms with Crippen molar-refractivity contribution in [2.45, 2.75) is 111 Å². The van der Waals surface area contributed by atoms with E-state index in [0.29, 0.717) is 12.1 Å². The van der Waals surface area contributed by atoms with Gasteiger partial charge in [-0.15, -0.1) is 0 Å². The van der Waals surface area contributed by atoms with E-state index in [9.17, 15) is 41.5 Å². The molecule has 1 aliphatic heterocycles. The number of alkyl carbamates (subject to hydrolysis) is 1. The van der Waals surface area contributed by atoms with Crippen LogP contribution in [0.1, 0.15) is 95.5 Å². The van der Waals surface area contributed by atoms with Gasteiger partial charge in [0.25, 0.3) is 0 Å². The predicted molar refractivity (Wildman–Crippen MR) is 175 cm³/mol. The molecule has 2 fully saturated rings. The lowest BCUT2D eigenvalue weighted by atomic mass is 9.79. The summed E-state index contributed by atoms with van der Waals surface area (Å²) in [6.07, 6.45) is -0.106. The molecule has 11 nitrogen and oxygen atoms in total. The number of nitrogens with zero attached hydrogens (tertiary/aromatic N) is 1. The number of benzene rings is 1. The molecular weight excluding hydrogens is 664 g/mol. The second-order valence-corrected chi connectivity index (χ2v) is 14.8. The Morgan fingerprint density at radius 3 is 2.14 bits per heavy atom. The second kappa shape index (κ2) is 17.8. The Labute approximate surface area is 290 Å². The van der Waals surface area contributed by atoms with E-state index in [4.69, 9.17) is 9.84 Å². The van der Waals surface area contributed by atoms with Crippen LogP contribution in [0.25, 0.3) is 0 Å². The summed E-state index contributed by atoms with van der Waals surface area (Å²) in [7, 11) is 0. The fraction of sp³-hybridized carbons (Fsp3) is 0.686. The summed E-state index contributed by atoms with van der Waals surface area (Å²) in [5, 5.41) is 16.4. The molecule has 1 heterocycles. The van der Waals surface area contributed by atoms with Gasteiger partial charge in [-0.25, -0.2) is 27.2 Å². The molecule has 1 saturated heterocycles. The van der Waals surface area contributed by atoms with Gasteiger partial charge in [0.2, 0.25) is 24.1 Å². The van der Waals surface area contributed by atoms with Crippen LogP contribution in [-0.4, -0.2) is 84.0 Å². The smallest absolute Gasteiger partial charge is 0.407 e. The number of carboxylic acids is 1. The number of carbonyl (C=O) groups is 5. The zero-order chi connectivity index (χ0) is 37.3. The van der Waals surface area contributed by atoms with Crippen molar-refractivity contribution in [3.63, 3.8) is 0 Å². The highest BCUT2D eigenvalue weighted by atomic mass is 19.3. The fourth-order valence-corrected chi connectivity index (χ4v) is 6.60. The normalized spacial score (nSPS) is 19.6. The number of hydrogen-bond acceptors (Lipinski definition) is 6. The average Bonchev–Trinajstić information content (AvgIpc) is 3.48. The molecule has 4 atom stereocenters. The van der Waals surface area contributed by atoms with E-state index >= 15 is 0 Å². The van der Waals surface area contributed by atoms with Crippen molar-refractivity contribution in [1.82, 2.24) is 20.9 Å². The lowest BCUT2D eigenvalue weighted by Crippen LogP contribution is -2.59. The van der Waals surface area contributed by atoms with Gasteiger partial charge in [0.1, 0.15) is 29.8 Å². The van der Waals surface area contributed by atoms with Gasteiger partial charge in [-0.05, 0) is 48.1 Å². The van der Waals surface area contributed by atoms with Crippen molar-refractivity contribution < 1.29 is 51.4 Å². The van der Waals surface area contributed by atoms with Gasteiger partial charge in [0, 0.05) is 25.1 Å². The third-order valence-electron chi connectivity index (χ3n) is 9.27. The van der Waals surface area contributed by atoms with Gasteiger partial charge in [-0.1, -0.05) is 66.7 Å². The van der Waals surface area contributed by atoms with Gasteiger partial charge >= 0.3 is 12.1 Å². The Morgan fingerprint density at radius 1 is 0.980 bits per heavy atom. The van der Waals surface area contributed by atoms with E-state index in [0.717, 1.165) is 32.1 Å². The summed E-state index contributed by atoms with van der Waals surface area (Å²) in [4.78, 5) is 66.2. The molecule has 0 radical (unpaired) electrons. The molecule has 1 aliphatic carbocycles. The molecule has 1 saturated carbocycles. The number of halogens is 4. The maximum atomic E-state index is 14.4. The quantitative estimate of drug-likeness (QED) is 0.197. The first kappa shape index (κ1) is 40.5. The first-order chi connectivity index (χ1) is 23.4. The van der Waals surface area contributed by atoms with E-state index in [-0.39, 0.29) is 37.3 Å². The second-order valence-electron chi connectivity index (χ2n) is 14.8. The zero-order valence-electron chi connectivity index (χ0n) is 29.3. The number of nitrogens with one attached hydrogen (secondary N) is 3. The predicted octanol–water partition coefficient (Wildman–Crippen LogP) is 5.06. The Hall–Kier alpha value is -3.91. The highest BCUT2D eigenvalue weighted by Crippen LogP contribution is 2.38. The van der Waals surface area contributed by atoms with Crippen molar-refractivity contribution in [2.75, 3.05) is 19.7 Å². The van der Waals surface area contributed by atoms with Gasteiger partial charge in [-0.3, -0.25) is 14.4 Å². The minimum atomic E-state index is -3.01. The summed E-state index contributed by atoms with van der Waals surface area (Å²) in [6.45, 7) is 8.92. The van der Waals surface area contributed by atoms with Gasteiger partial charge in [-0.2, -0.15) is 0 Å². The van der Waals surface area contributed by atoms with Crippen LogP contribution in [-0.2, 0) is 25.5 Å². The molecule has 3 rings (SSSR count). The Balaban J connectivity index is 1.80. The molecule has 1 aromatic carbocycles. The van der Waals surface area contributed by atoms with Gasteiger partial charge < -0.3 is 30.7 Å². The molecule has 0 spiro atoms. The van der Waals surface area contributed by atoms with Crippen molar-refractivity contribution in [3.8, 4) is 0 Å². The maximum absolute atomic E-state index is 14.4. The number of carboxylic acid groups (broad SMARTS) is 1. The minimum Gasteiger partial charge on any atom is -0.478 e. The molecule has 4 N–H and O–H groups in total. The number of likely N-dealkylation sites (tertiary alicyclic amines) is 1. The molecule has 0 bridgehead atoms. The highest BCUT2D eigenvalue weighted by molar-refractivity contribution is 5.94. The lowest BCUT2D eigenvalue weighted by molar-refractivity contribution is -0.142. The van der Waals surface area contributed by atoms with Crippen LogP contribution in [0.15, 0.2) is 12.1 Å². The SMILES string of the molecule is CC(C)COC(=O)N[C@H](C(=O)N1C[C@H](C2CCCCC2)C[C@H]1C(=O)N[C@@H](CC(F)F)C(=O)NCCc1c(F)cc(C(=O)O)cc1F)C(C)(C)C. The zero-order valence-corrected chi connectivity index (χ0v) is 29.3. The fourth-order valence-electron chi connectivity index (χ4n) is 6.60. The first-order valence-corrected chi connectivity index (χ1v) is 17.2. The number of rotatable bonds is 14. The maximum Gasteiger partial charge on any atom is 0.407 e. The van der Waals surface area contributed by atoms with Crippen molar-refractivity contribution in [1.29, 1.82) is 0 Å². The molecule has 50 heavy (non-hydrogen) atoms. The molecule has 0 aromatic heterocycles. The lowest BCUT2D eigenvalue weighted by Gasteiger charge is -2.35. The van der Waals surface area contributed by atoms with Crippen LogP contribution in [0.5, 0.6) is 0 Å². The number of alkyl halides is 2.